The number of carbonyl (C=O) groups is 2. The van der Waals surface area contributed by atoms with Gasteiger partial charge in [0, 0.05) is 63.2 Å². The van der Waals surface area contributed by atoms with Crippen molar-refractivity contribution in [3.8, 4) is 29.2 Å². The van der Waals surface area contributed by atoms with E-state index in [0.29, 0.717) is 47.0 Å². The monoisotopic (exact) mass is 564 g/mol. The van der Waals surface area contributed by atoms with Crippen molar-refractivity contribution < 1.29 is 18.7 Å². The fourth-order valence-electron chi connectivity index (χ4n) is 4.28. The molecule has 8 heteroatoms. The number of terminal acetylenes is 1. The number of halogens is 1. The molecular weight excluding hydrogens is 531 g/mol. The Kier molecular flexibility index (Phi) is 9.46. The third-order valence-corrected chi connectivity index (χ3v) is 6.52. The lowest BCUT2D eigenvalue weighted by Gasteiger charge is -2.19. The van der Waals surface area contributed by atoms with E-state index < -0.39 is 5.82 Å². The number of nitrogens with one attached hydrogen (secondary N) is 2. The Morgan fingerprint density at radius 3 is 1.67 bits per heavy atom. The van der Waals surface area contributed by atoms with Crippen LogP contribution in [0.3, 0.4) is 0 Å². The molecule has 4 aromatic rings. The summed E-state index contributed by atoms with van der Waals surface area (Å²) in [7, 11) is 7.33. The molecule has 0 aliphatic heterocycles. The lowest BCUT2D eigenvalue weighted by molar-refractivity contribution is 0.101. The molecule has 0 fully saturated rings. The molecule has 0 saturated heterocycles. The predicted octanol–water partition coefficient (Wildman–Crippen LogP) is 6.53. The number of ether oxygens (including phenoxy) is 1. The van der Waals surface area contributed by atoms with Crippen LogP contribution in [0.25, 0.3) is 11.1 Å². The first-order chi connectivity index (χ1) is 20.2. The fraction of sp³-hybridized carbons (Fsp3) is 0.176. The van der Waals surface area contributed by atoms with Crippen LogP contribution in [-0.4, -0.2) is 46.6 Å². The van der Waals surface area contributed by atoms with Crippen LogP contribution in [0.2, 0.25) is 0 Å². The molecule has 0 heterocycles. The second kappa shape index (κ2) is 13.4. The summed E-state index contributed by atoms with van der Waals surface area (Å²) in [5.74, 6) is 2.18. The number of hydrogen-bond acceptors (Lipinski definition) is 5. The van der Waals surface area contributed by atoms with E-state index in [2.05, 4.69) is 16.6 Å². The summed E-state index contributed by atoms with van der Waals surface area (Å²) in [6.07, 6.45) is 5.82. The minimum Gasteiger partial charge on any atom is -0.490 e. The summed E-state index contributed by atoms with van der Waals surface area (Å²) in [4.78, 5) is 29.2. The molecule has 2 amide bonds. The minimum absolute atomic E-state index is 0.254. The van der Waals surface area contributed by atoms with Gasteiger partial charge in [0.25, 0.3) is 11.8 Å². The Balaban J connectivity index is 1.40. The van der Waals surface area contributed by atoms with Gasteiger partial charge in [0.1, 0.15) is 11.6 Å². The van der Waals surface area contributed by atoms with E-state index in [-0.39, 0.29) is 11.8 Å². The average Bonchev–Trinajstić information content (AvgIpc) is 2.97. The predicted molar refractivity (Wildman–Crippen MR) is 168 cm³/mol. The highest BCUT2D eigenvalue weighted by atomic mass is 19.1. The largest absolute Gasteiger partial charge is 0.490 e. The molecular formula is C34H33FN4O3. The zero-order chi connectivity index (χ0) is 30.2. The summed E-state index contributed by atoms with van der Waals surface area (Å²) >= 11 is 0. The van der Waals surface area contributed by atoms with E-state index in [0.717, 1.165) is 16.8 Å². The van der Waals surface area contributed by atoms with E-state index in [1.165, 1.54) is 6.07 Å². The quantitative estimate of drug-likeness (QED) is 0.169. The molecule has 0 unspecified atom stereocenters. The van der Waals surface area contributed by atoms with Crippen molar-refractivity contribution in [2.75, 3.05) is 55.2 Å². The highest BCUT2D eigenvalue weighted by Crippen LogP contribution is 2.31. The number of carbonyl (C=O) groups excluding carboxylic acids is 2. The molecule has 0 aromatic heterocycles. The molecule has 0 aliphatic carbocycles. The normalized spacial score (nSPS) is 10.4. The van der Waals surface area contributed by atoms with E-state index in [4.69, 9.17) is 11.2 Å². The first-order valence-electron chi connectivity index (χ1n) is 13.3. The van der Waals surface area contributed by atoms with E-state index in [9.17, 15) is 14.0 Å². The summed E-state index contributed by atoms with van der Waals surface area (Å²) < 4.78 is 20.1. The highest BCUT2D eigenvalue weighted by molar-refractivity contribution is 6.05. The number of benzene rings is 4. The second-order valence-corrected chi connectivity index (χ2v) is 10.0. The minimum atomic E-state index is -0.414. The maximum Gasteiger partial charge on any atom is 0.255 e. The Bertz CT molecular complexity index is 1610. The second-order valence-electron chi connectivity index (χ2n) is 10.0. The molecule has 214 valence electrons. The summed E-state index contributed by atoms with van der Waals surface area (Å²) in [5.41, 5.74) is 5.01. The lowest BCUT2D eigenvalue weighted by Crippen LogP contribution is -2.14. The molecule has 0 atom stereocenters. The molecule has 4 rings (SSSR count). The number of hydrogen-bond donors (Lipinski definition) is 2. The van der Waals surface area contributed by atoms with Crippen LogP contribution in [-0.2, 0) is 0 Å². The van der Waals surface area contributed by atoms with Crippen LogP contribution in [0.1, 0.15) is 27.1 Å². The van der Waals surface area contributed by atoms with Crippen LogP contribution in [0.5, 0.6) is 5.75 Å². The van der Waals surface area contributed by atoms with Crippen LogP contribution in [0, 0.1) is 18.2 Å². The van der Waals surface area contributed by atoms with Gasteiger partial charge in [0.05, 0.1) is 18.0 Å². The van der Waals surface area contributed by atoms with Crippen molar-refractivity contribution in [3.63, 3.8) is 0 Å². The first-order valence-corrected chi connectivity index (χ1v) is 13.3. The number of amides is 2. The third kappa shape index (κ3) is 7.26. The van der Waals surface area contributed by atoms with Crippen molar-refractivity contribution in [2.45, 2.75) is 6.42 Å². The first kappa shape index (κ1) is 29.7. The van der Waals surface area contributed by atoms with Gasteiger partial charge in [-0.05, 0) is 65.7 Å². The van der Waals surface area contributed by atoms with Gasteiger partial charge < -0.3 is 25.2 Å². The molecule has 2 N–H and O–H groups in total. The van der Waals surface area contributed by atoms with Crippen LogP contribution >= 0.6 is 0 Å². The molecule has 0 aliphatic rings. The topological polar surface area (TPSA) is 73.9 Å². The Morgan fingerprint density at radius 2 is 1.21 bits per heavy atom. The molecule has 0 radical (unpaired) electrons. The van der Waals surface area contributed by atoms with Crippen LogP contribution in [0.15, 0.2) is 84.9 Å². The van der Waals surface area contributed by atoms with E-state index in [1.54, 1.807) is 61.5 Å². The maximum atomic E-state index is 14.3. The molecule has 0 saturated carbocycles. The Morgan fingerprint density at radius 1 is 0.738 bits per heavy atom. The van der Waals surface area contributed by atoms with E-state index >= 15 is 0 Å². The zero-order valence-electron chi connectivity index (χ0n) is 24.1. The molecule has 0 bridgehead atoms. The Labute approximate surface area is 245 Å². The average molecular weight is 565 g/mol. The van der Waals surface area contributed by atoms with Crippen LogP contribution < -0.4 is 25.2 Å². The van der Waals surface area contributed by atoms with Gasteiger partial charge in [0.2, 0.25) is 0 Å². The summed E-state index contributed by atoms with van der Waals surface area (Å²) in [6.45, 7) is 0.382. The maximum absolute atomic E-state index is 14.3. The number of nitrogens with zero attached hydrogens (tertiary/aromatic N) is 2. The van der Waals surface area contributed by atoms with Gasteiger partial charge in [-0.3, -0.25) is 9.59 Å². The van der Waals surface area contributed by atoms with Gasteiger partial charge in [0.15, 0.2) is 0 Å². The number of rotatable bonds is 10. The molecule has 7 nitrogen and oxygen atoms in total. The molecule has 0 spiro atoms. The van der Waals surface area contributed by atoms with Gasteiger partial charge in [-0.15, -0.1) is 12.3 Å². The number of anilines is 4. The Hall–Kier alpha value is -5.29. The van der Waals surface area contributed by atoms with Gasteiger partial charge >= 0.3 is 0 Å². The van der Waals surface area contributed by atoms with Gasteiger partial charge in [-0.2, -0.15) is 0 Å². The molecule has 4 aromatic carbocycles. The van der Waals surface area contributed by atoms with Gasteiger partial charge in [-0.25, -0.2) is 4.39 Å². The van der Waals surface area contributed by atoms with E-state index in [1.807, 2.05) is 55.4 Å². The summed E-state index contributed by atoms with van der Waals surface area (Å²) in [5, 5.41) is 5.65. The van der Waals surface area contributed by atoms with Crippen LogP contribution in [0.4, 0.5) is 27.1 Å². The standard InChI is InChI=1S/C34H33FN4O3/c1-6-7-20-42-32-22-28(17-19-31(32)39(4)5)37-34(41)26-14-10-24(11-15-26)23-8-12-25(13-9-23)33(40)36-27-16-18-30(38(2)3)29(35)21-27/h1,8-19,21-22H,7,20H2,2-5H3,(H,36,40)(H,37,41). The smallest absolute Gasteiger partial charge is 0.255 e. The van der Waals surface area contributed by atoms with Crippen molar-refractivity contribution >= 4 is 34.6 Å². The summed E-state index contributed by atoms with van der Waals surface area (Å²) in [6, 6.07) is 24.3. The molecule has 42 heavy (non-hydrogen) atoms. The van der Waals surface area contributed by atoms with Crippen molar-refractivity contribution in [3.05, 3.63) is 102 Å². The zero-order valence-corrected chi connectivity index (χ0v) is 24.1. The fourth-order valence-corrected chi connectivity index (χ4v) is 4.28. The van der Waals surface area contributed by atoms with Crippen molar-refractivity contribution in [1.82, 2.24) is 0 Å². The third-order valence-electron chi connectivity index (χ3n) is 6.52. The lowest BCUT2D eigenvalue weighted by atomic mass is 10.0. The highest BCUT2D eigenvalue weighted by Gasteiger charge is 2.13. The van der Waals surface area contributed by atoms with Crippen molar-refractivity contribution in [1.29, 1.82) is 0 Å². The SMILES string of the molecule is C#CCCOc1cc(NC(=O)c2ccc(-c3ccc(C(=O)Nc4ccc(N(C)C)c(F)c4)cc3)cc2)ccc1N(C)C. The van der Waals surface area contributed by atoms with Gasteiger partial charge in [-0.1, -0.05) is 24.3 Å². The van der Waals surface area contributed by atoms with Crippen molar-refractivity contribution in [2.24, 2.45) is 0 Å².